The number of amides is 1. The van der Waals surface area contributed by atoms with Gasteiger partial charge in [0.05, 0.1) is 18.5 Å². The average molecular weight is 315 g/mol. The van der Waals surface area contributed by atoms with Crippen LogP contribution in [0.2, 0.25) is 0 Å². The number of thiophene rings is 1. The summed E-state index contributed by atoms with van der Waals surface area (Å²) in [6, 6.07) is 11.0. The molecule has 0 unspecified atom stereocenters. The topological polar surface area (TPSA) is 57.6 Å². The van der Waals surface area contributed by atoms with Crippen molar-refractivity contribution in [1.29, 1.82) is 0 Å². The highest BCUT2D eigenvalue weighted by atomic mass is 32.1. The van der Waals surface area contributed by atoms with Gasteiger partial charge in [0, 0.05) is 10.9 Å². The number of carboxylic acids is 1. The summed E-state index contributed by atoms with van der Waals surface area (Å²) < 4.78 is 0. The molecule has 0 saturated heterocycles. The summed E-state index contributed by atoms with van der Waals surface area (Å²) in [7, 11) is 0. The summed E-state index contributed by atoms with van der Waals surface area (Å²) in [6.07, 6.45) is 2.48. The molecule has 0 radical (unpaired) electrons. The van der Waals surface area contributed by atoms with Crippen LogP contribution < -0.4 is 0 Å². The highest BCUT2D eigenvalue weighted by Crippen LogP contribution is 2.29. The van der Waals surface area contributed by atoms with Crippen molar-refractivity contribution in [3.05, 3.63) is 57.8 Å². The third kappa shape index (κ3) is 3.54. The van der Waals surface area contributed by atoms with Gasteiger partial charge in [0.2, 0.25) is 5.91 Å². The van der Waals surface area contributed by atoms with Gasteiger partial charge in [-0.25, -0.2) is 4.79 Å². The highest BCUT2D eigenvalue weighted by Gasteiger charge is 2.32. The van der Waals surface area contributed by atoms with Crippen LogP contribution in [-0.2, 0) is 17.8 Å². The van der Waals surface area contributed by atoms with Gasteiger partial charge < -0.3 is 10.0 Å². The lowest BCUT2D eigenvalue weighted by Gasteiger charge is -2.22. The predicted octanol–water partition coefficient (Wildman–Crippen LogP) is 3.18. The van der Waals surface area contributed by atoms with Gasteiger partial charge in [0.25, 0.3) is 0 Å². The second kappa shape index (κ2) is 6.32. The van der Waals surface area contributed by atoms with Crippen molar-refractivity contribution in [2.45, 2.75) is 31.8 Å². The number of rotatable bonds is 6. The molecule has 2 aromatic rings. The van der Waals surface area contributed by atoms with Gasteiger partial charge in [-0.2, -0.15) is 0 Å². The summed E-state index contributed by atoms with van der Waals surface area (Å²) in [6.45, 7) is 0.675. The fraction of sp³-hybridized carbons (Fsp3) is 0.294. The Kier molecular flexibility index (Phi) is 4.24. The lowest BCUT2D eigenvalue weighted by Crippen LogP contribution is -2.33. The van der Waals surface area contributed by atoms with Crippen molar-refractivity contribution in [2.24, 2.45) is 0 Å². The fourth-order valence-electron chi connectivity index (χ4n) is 2.42. The zero-order valence-electron chi connectivity index (χ0n) is 12.1. The van der Waals surface area contributed by atoms with E-state index >= 15 is 0 Å². The van der Waals surface area contributed by atoms with Crippen LogP contribution in [0.4, 0.5) is 0 Å². The maximum atomic E-state index is 12.6. The third-order valence-electron chi connectivity index (χ3n) is 3.77. The number of hydrogen-bond donors (Lipinski definition) is 1. The number of benzene rings is 1. The number of carbonyl (C=O) groups is 2. The van der Waals surface area contributed by atoms with Crippen LogP contribution in [0.3, 0.4) is 0 Å². The molecule has 4 nitrogen and oxygen atoms in total. The molecule has 22 heavy (non-hydrogen) atoms. The van der Waals surface area contributed by atoms with Gasteiger partial charge >= 0.3 is 5.97 Å². The summed E-state index contributed by atoms with van der Waals surface area (Å²) in [5, 5.41) is 10.9. The van der Waals surface area contributed by atoms with E-state index in [1.165, 1.54) is 4.88 Å². The van der Waals surface area contributed by atoms with Crippen molar-refractivity contribution in [2.75, 3.05) is 0 Å². The van der Waals surface area contributed by atoms with Crippen LogP contribution >= 0.6 is 11.3 Å². The quantitative estimate of drug-likeness (QED) is 0.890. The second-order valence-electron chi connectivity index (χ2n) is 5.51. The van der Waals surface area contributed by atoms with E-state index in [2.05, 4.69) is 6.07 Å². The minimum Gasteiger partial charge on any atom is -0.478 e. The van der Waals surface area contributed by atoms with E-state index in [9.17, 15) is 9.59 Å². The summed E-state index contributed by atoms with van der Waals surface area (Å²) in [4.78, 5) is 26.5. The molecule has 0 atom stereocenters. The predicted molar refractivity (Wildman–Crippen MR) is 85.0 cm³/mol. The van der Waals surface area contributed by atoms with Crippen LogP contribution in [0.25, 0.3) is 0 Å². The van der Waals surface area contributed by atoms with Gasteiger partial charge in [-0.3, -0.25) is 4.79 Å². The SMILES string of the molecule is O=C(O)c1ccc(CC(=O)N(Cc2cccs2)C2CC2)cc1. The molecule has 1 fully saturated rings. The van der Waals surface area contributed by atoms with E-state index in [4.69, 9.17) is 5.11 Å². The first kappa shape index (κ1) is 14.8. The van der Waals surface area contributed by atoms with E-state index in [1.54, 1.807) is 35.6 Å². The third-order valence-corrected chi connectivity index (χ3v) is 4.63. The Morgan fingerprint density at radius 2 is 1.91 bits per heavy atom. The van der Waals surface area contributed by atoms with Crippen molar-refractivity contribution in [1.82, 2.24) is 4.90 Å². The smallest absolute Gasteiger partial charge is 0.335 e. The Morgan fingerprint density at radius 1 is 1.18 bits per heavy atom. The lowest BCUT2D eigenvalue weighted by atomic mass is 10.1. The molecule has 1 saturated carbocycles. The molecule has 1 aromatic heterocycles. The molecule has 3 rings (SSSR count). The Labute approximate surface area is 133 Å². The lowest BCUT2D eigenvalue weighted by molar-refractivity contribution is -0.131. The van der Waals surface area contributed by atoms with E-state index in [-0.39, 0.29) is 11.5 Å². The molecule has 1 aliphatic rings. The van der Waals surface area contributed by atoms with E-state index in [0.717, 1.165) is 18.4 Å². The minimum atomic E-state index is -0.949. The number of nitrogens with zero attached hydrogens (tertiary/aromatic N) is 1. The molecular weight excluding hydrogens is 298 g/mol. The zero-order valence-corrected chi connectivity index (χ0v) is 12.9. The fourth-order valence-corrected chi connectivity index (χ4v) is 3.12. The Hall–Kier alpha value is -2.14. The summed E-state index contributed by atoms with van der Waals surface area (Å²) in [5.41, 5.74) is 1.10. The first-order valence-electron chi connectivity index (χ1n) is 7.27. The van der Waals surface area contributed by atoms with Crippen molar-refractivity contribution >= 4 is 23.2 Å². The average Bonchev–Trinajstić information content (AvgIpc) is 3.21. The van der Waals surface area contributed by atoms with Gasteiger partial charge in [-0.05, 0) is 42.0 Å². The second-order valence-corrected chi connectivity index (χ2v) is 6.54. The van der Waals surface area contributed by atoms with E-state index < -0.39 is 5.97 Å². The molecule has 0 spiro atoms. The Bertz CT molecular complexity index is 660. The molecule has 0 bridgehead atoms. The summed E-state index contributed by atoms with van der Waals surface area (Å²) in [5.74, 6) is -0.839. The van der Waals surface area contributed by atoms with Crippen molar-refractivity contribution in [3.8, 4) is 0 Å². The molecule has 114 valence electrons. The van der Waals surface area contributed by atoms with Crippen LogP contribution in [0.5, 0.6) is 0 Å². The highest BCUT2D eigenvalue weighted by molar-refractivity contribution is 7.09. The molecule has 1 amide bonds. The van der Waals surface area contributed by atoms with Crippen LogP contribution in [-0.4, -0.2) is 27.9 Å². The van der Waals surface area contributed by atoms with Crippen LogP contribution in [0, 0.1) is 0 Å². The largest absolute Gasteiger partial charge is 0.478 e. The Balaban J connectivity index is 1.67. The van der Waals surface area contributed by atoms with Gasteiger partial charge in [-0.15, -0.1) is 11.3 Å². The van der Waals surface area contributed by atoms with Crippen LogP contribution in [0.1, 0.15) is 33.6 Å². The molecule has 0 aliphatic heterocycles. The maximum absolute atomic E-state index is 12.6. The number of carboxylic acid groups (broad SMARTS) is 1. The normalized spacial score (nSPS) is 13.8. The van der Waals surface area contributed by atoms with Crippen LogP contribution in [0.15, 0.2) is 41.8 Å². The molecular formula is C17H17NO3S. The minimum absolute atomic E-state index is 0.110. The van der Waals surface area contributed by atoms with Gasteiger partial charge in [-0.1, -0.05) is 18.2 Å². The van der Waals surface area contributed by atoms with Gasteiger partial charge in [0.1, 0.15) is 0 Å². The summed E-state index contributed by atoms with van der Waals surface area (Å²) >= 11 is 1.67. The molecule has 1 heterocycles. The maximum Gasteiger partial charge on any atom is 0.335 e. The van der Waals surface area contributed by atoms with E-state index in [1.807, 2.05) is 16.3 Å². The molecule has 1 N–H and O–H groups in total. The molecule has 5 heteroatoms. The first-order chi connectivity index (χ1) is 10.6. The number of aromatic carboxylic acids is 1. The Morgan fingerprint density at radius 3 is 2.45 bits per heavy atom. The van der Waals surface area contributed by atoms with Crippen molar-refractivity contribution < 1.29 is 14.7 Å². The number of carbonyl (C=O) groups excluding carboxylic acids is 1. The molecule has 1 aliphatic carbocycles. The zero-order chi connectivity index (χ0) is 15.5. The van der Waals surface area contributed by atoms with Crippen molar-refractivity contribution in [3.63, 3.8) is 0 Å². The first-order valence-corrected chi connectivity index (χ1v) is 8.15. The number of hydrogen-bond acceptors (Lipinski definition) is 3. The van der Waals surface area contributed by atoms with Gasteiger partial charge in [0.15, 0.2) is 0 Å². The molecule has 1 aromatic carbocycles. The standard InChI is InChI=1S/C17H17NO3S/c19-16(10-12-3-5-13(6-4-12)17(20)21)18(14-7-8-14)11-15-2-1-9-22-15/h1-6,9,14H,7-8,10-11H2,(H,20,21). The van der Waals surface area contributed by atoms with E-state index in [0.29, 0.717) is 19.0 Å². The monoisotopic (exact) mass is 315 g/mol.